The summed E-state index contributed by atoms with van der Waals surface area (Å²) < 4.78 is 37.9. The zero-order valence-corrected chi connectivity index (χ0v) is 10.5. The minimum atomic E-state index is -4.29. The SMILES string of the molecule is Cc1ccc(C(F)(F)F)cc1[B]Cc1ccccc1. The summed E-state index contributed by atoms with van der Waals surface area (Å²) in [5, 5.41) is 0. The van der Waals surface area contributed by atoms with Crippen molar-refractivity contribution in [1.29, 1.82) is 0 Å². The predicted molar refractivity (Wildman–Crippen MR) is 71.7 cm³/mol. The summed E-state index contributed by atoms with van der Waals surface area (Å²) in [5.41, 5.74) is 1.97. The van der Waals surface area contributed by atoms with Gasteiger partial charge in [0.2, 0.25) is 0 Å². The zero-order chi connectivity index (χ0) is 13.9. The molecular weight excluding hydrogens is 248 g/mol. The maximum Gasteiger partial charge on any atom is 0.416 e. The van der Waals surface area contributed by atoms with Crippen LogP contribution in [0.3, 0.4) is 0 Å². The van der Waals surface area contributed by atoms with Crippen molar-refractivity contribution in [3.63, 3.8) is 0 Å². The van der Waals surface area contributed by atoms with E-state index in [-0.39, 0.29) is 0 Å². The molecule has 0 heterocycles. The van der Waals surface area contributed by atoms with Gasteiger partial charge < -0.3 is 0 Å². The van der Waals surface area contributed by atoms with E-state index < -0.39 is 11.7 Å². The summed E-state index contributed by atoms with van der Waals surface area (Å²) in [6.07, 6.45) is -3.66. The molecule has 97 valence electrons. The Morgan fingerprint density at radius 2 is 1.68 bits per heavy atom. The molecule has 0 bridgehead atoms. The second kappa shape index (κ2) is 5.51. The highest BCUT2D eigenvalue weighted by Crippen LogP contribution is 2.28. The van der Waals surface area contributed by atoms with E-state index in [1.807, 2.05) is 44.5 Å². The minimum absolute atomic E-state index is 0.600. The third kappa shape index (κ3) is 3.63. The lowest BCUT2D eigenvalue weighted by molar-refractivity contribution is -0.137. The molecule has 0 nitrogen and oxygen atoms in total. The van der Waals surface area contributed by atoms with Gasteiger partial charge in [0.1, 0.15) is 0 Å². The van der Waals surface area contributed by atoms with Crippen LogP contribution in [0.1, 0.15) is 16.7 Å². The third-order valence-corrected chi connectivity index (χ3v) is 3.01. The van der Waals surface area contributed by atoms with Gasteiger partial charge in [-0.25, -0.2) is 0 Å². The van der Waals surface area contributed by atoms with E-state index in [4.69, 9.17) is 0 Å². The predicted octanol–water partition coefficient (Wildman–Crippen LogP) is 3.54. The van der Waals surface area contributed by atoms with Crippen molar-refractivity contribution < 1.29 is 13.2 Å². The van der Waals surface area contributed by atoms with E-state index >= 15 is 0 Å². The lowest BCUT2D eigenvalue weighted by Gasteiger charge is -2.11. The molecule has 0 saturated carbocycles. The van der Waals surface area contributed by atoms with E-state index in [1.165, 1.54) is 12.1 Å². The lowest BCUT2D eigenvalue weighted by Crippen LogP contribution is -2.22. The molecule has 19 heavy (non-hydrogen) atoms. The summed E-state index contributed by atoms with van der Waals surface area (Å²) in [5.74, 6) is 0. The maximum atomic E-state index is 12.6. The van der Waals surface area contributed by atoms with Crippen LogP contribution in [0.4, 0.5) is 13.2 Å². The summed E-state index contributed by atoms with van der Waals surface area (Å²) >= 11 is 0. The number of rotatable bonds is 3. The monoisotopic (exact) mass is 261 g/mol. The zero-order valence-electron chi connectivity index (χ0n) is 10.5. The summed E-state index contributed by atoms with van der Waals surface area (Å²) in [4.78, 5) is 0. The van der Waals surface area contributed by atoms with Crippen LogP contribution >= 0.6 is 0 Å². The van der Waals surface area contributed by atoms with Crippen molar-refractivity contribution in [3.05, 3.63) is 65.2 Å². The van der Waals surface area contributed by atoms with Gasteiger partial charge in [-0.1, -0.05) is 59.1 Å². The molecule has 0 aliphatic carbocycles. The van der Waals surface area contributed by atoms with Gasteiger partial charge in [0.05, 0.1) is 5.56 Å². The van der Waals surface area contributed by atoms with Crippen LogP contribution in [0.15, 0.2) is 48.5 Å². The van der Waals surface area contributed by atoms with Crippen LogP contribution in [-0.4, -0.2) is 7.28 Å². The molecule has 0 aromatic heterocycles. The number of halogens is 3. The first kappa shape index (κ1) is 13.7. The number of alkyl halides is 3. The number of benzene rings is 2. The number of hydrogen-bond acceptors (Lipinski definition) is 0. The lowest BCUT2D eigenvalue weighted by atomic mass is 9.63. The van der Waals surface area contributed by atoms with Crippen LogP contribution in [0.25, 0.3) is 0 Å². The first-order valence-electron chi connectivity index (χ1n) is 6.02. The van der Waals surface area contributed by atoms with E-state index in [0.29, 0.717) is 11.8 Å². The highest BCUT2D eigenvalue weighted by molar-refractivity contribution is 6.53. The first-order chi connectivity index (χ1) is 8.97. The molecule has 2 aromatic rings. The van der Waals surface area contributed by atoms with Crippen LogP contribution in [0, 0.1) is 6.92 Å². The highest BCUT2D eigenvalue weighted by Gasteiger charge is 2.30. The van der Waals surface area contributed by atoms with Gasteiger partial charge in [0, 0.05) is 0 Å². The fraction of sp³-hybridized carbons (Fsp3) is 0.200. The Balaban J connectivity index is 2.16. The van der Waals surface area contributed by atoms with Crippen molar-refractivity contribution in [1.82, 2.24) is 0 Å². The fourth-order valence-electron chi connectivity index (χ4n) is 1.88. The molecule has 0 aliphatic rings. The normalized spacial score (nSPS) is 11.4. The Hall–Kier alpha value is -1.71. The van der Waals surface area contributed by atoms with Crippen molar-refractivity contribution in [3.8, 4) is 0 Å². The summed E-state index contributed by atoms with van der Waals surface area (Å²) in [7, 11) is 1.83. The van der Waals surface area contributed by atoms with Crippen molar-refractivity contribution in [2.45, 2.75) is 19.4 Å². The van der Waals surface area contributed by atoms with E-state index in [2.05, 4.69) is 0 Å². The van der Waals surface area contributed by atoms with E-state index in [9.17, 15) is 13.2 Å². The van der Waals surface area contributed by atoms with E-state index in [0.717, 1.165) is 17.2 Å². The van der Waals surface area contributed by atoms with Gasteiger partial charge in [0.15, 0.2) is 7.28 Å². The van der Waals surface area contributed by atoms with Gasteiger partial charge in [-0.15, -0.1) is 0 Å². The molecule has 4 heteroatoms. The summed E-state index contributed by atoms with van der Waals surface area (Å²) in [6.45, 7) is 1.82. The molecule has 0 atom stereocenters. The van der Waals surface area contributed by atoms with Gasteiger partial charge >= 0.3 is 6.18 Å². The smallest absolute Gasteiger partial charge is 0.166 e. The second-order valence-electron chi connectivity index (χ2n) is 4.46. The molecule has 0 N–H and O–H groups in total. The first-order valence-corrected chi connectivity index (χ1v) is 6.02. The van der Waals surface area contributed by atoms with Crippen molar-refractivity contribution >= 4 is 12.7 Å². The maximum absolute atomic E-state index is 12.6. The van der Waals surface area contributed by atoms with Crippen LogP contribution in [-0.2, 0) is 12.5 Å². The van der Waals surface area contributed by atoms with Crippen LogP contribution < -0.4 is 5.46 Å². The standard InChI is InChI=1S/C15H13BF3/c1-11-7-8-13(15(17,18)19)9-14(11)16-10-12-5-3-2-4-6-12/h2-9H,10H2,1H3. The Labute approximate surface area is 111 Å². The fourth-order valence-corrected chi connectivity index (χ4v) is 1.88. The highest BCUT2D eigenvalue weighted by atomic mass is 19.4. The average Bonchev–Trinajstić information content (AvgIpc) is 2.37. The molecule has 0 spiro atoms. The number of hydrogen-bond donors (Lipinski definition) is 0. The molecule has 2 rings (SSSR count). The Bertz CT molecular complexity index is 547. The molecular formula is C15H13BF3. The van der Waals surface area contributed by atoms with Gasteiger partial charge in [0.25, 0.3) is 0 Å². The quantitative estimate of drug-likeness (QED) is 0.741. The van der Waals surface area contributed by atoms with Gasteiger partial charge in [-0.2, -0.15) is 13.2 Å². The van der Waals surface area contributed by atoms with Gasteiger partial charge in [-0.3, -0.25) is 0 Å². The minimum Gasteiger partial charge on any atom is -0.166 e. The summed E-state index contributed by atoms with van der Waals surface area (Å²) in [6, 6.07) is 13.5. The Morgan fingerprint density at radius 1 is 1.00 bits per heavy atom. The molecule has 0 saturated heterocycles. The van der Waals surface area contributed by atoms with Crippen molar-refractivity contribution in [2.24, 2.45) is 0 Å². The van der Waals surface area contributed by atoms with Crippen molar-refractivity contribution in [2.75, 3.05) is 0 Å². The van der Waals surface area contributed by atoms with E-state index in [1.54, 1.807) is 0 Å². The van der Waals surface area contributed by atoms with Crippen LogP contribution in [0.2, 0.25) is 0 Å². The third-order valence-electron chi connectivity index (χ3n) is 3.01. The molecule has 2 aromatic carbocycles. The molecule has 0 unspecified atom stereocenters. The molecule has 1 radical (unpaired) electrons. The van der Waals surface area contributed by atoms with Crippen LogP contribution in [0.5, 0.6) is 0 Å². The molecule has 0 amide bonds. The molecule has 0 fully saturated rings. The Kier molecular flexibility index (Phi) is 3.98. The second-order valence-corrected chi connectivity index (χ2v) is 4.46. The Morgan fingerprint density at radius 3 is 2.32 bits per heavy atom. The average molecular weight is 261 g/mol. The largest absolute Gasteiger partial charge is 0.416 e. The number of aryl methyl sites for hydroxylation is 1. The van der Waals surface area contributed by atoms with Gasteiger partial charge in [-0.05, 0) is 19.3 Å². The molecule has 0 aliphatic heterocycles. The topological polar surface area (TPSA) is 0 Å².